The summed E-state index contributed by atoms with van der Waals surface area (Å²) >= 11 is 0. The van der Waals surface area contributed by atoms with Crippen LogP contribution in [0.4, 0.5) is 0 Å². The minimum atomic E-state index is 0.714. The highest BCUT2D eigenvalue weighted by Gasteiger charge is 2.32. The molecule has 0 saturated heterocycles. The van der Waals surface area contributed by atoms with Crippen LogP contribution in [0.2, 0.25) is 0 Å². The third-order valence-corrected chi connectivity index (χ3v) is 5.13. The summed E-state index contributed by atoms with van der Waals surface area (Å²) in [5, 5.41) is 3.73. The number of ether oxygens (including phenoxy) is 1. The number of rotatable bonds is 10. The van der Waals surface area contributed by atoms with Gasteiger partial charge in [-0.3, -0.25) is 0 Å². The lowest BCUT2D eigenvalue weighted by atomic mass is 9.73. The molecule has 3 heteroatoms. The molecule has 0 spiro atoms. The molecule has 1 saturated carbocycles. The molecule has 0 amide bonds. The van der Waals surface area contributed by atoms with Crippen LogP contribution in [0.3, 0.4) is 0 Å². The molecule has 1 aliphatic rings. The van der Waals surface area contributed by atoms with Crippen molar-refractivity contribution in [2.24, 2.45) is 17.8 Å². The molecule has 1 aliphatic carbocycles. The molecule has 3 atom stereocenters. The van der Waals surface area contributed by atoms with Crippen LogP contribution in [0.25, 0.3) is 0 Å². The maximum absolute atomic E-state index is 5.53. The standard InChI is InChI=1S/C18H38N2O/c1-6-19-18-10-9-16(15(4)5)13-17(18)14-20(7-2)11-12-21-8-3/h15-19H,6-14H2,1-5H3. The molecule has 0 aromatic heterocycles. The second-order valence-electron chi connectivity index (χ2n) is 6.83. The third-order valence-electron chi connectivity index (χ3n) is 5.13. The highest BCUT2D eigenvalue weighted by atomic mass is 16.5. The number of hydrogen-bond donors (Lipinski definition) is 1. The molecule has 0 heterocycles. The maximum atomic E-state index is 5.53. The van der Waals surface area contributed by atoms with Crippen LogP contribution >= 0.6 is 0 Å². The third kappa shape index (κ3) is 6.66. The van der Waals surface area contributed by atoms with Crippen molar-refractivity contribution in [1.29, 1.82) is 0 Å². The van der Waals surface area contributed by atoms with Gasteiger partial charge in [-0.2, -0.15) is 0 Å². The van der Waals surface area contributed by atoms with E-state index in [1.807, 2.05) is 0 Å². The van der Waals surface area contributed by atoms with Gasteiger partial charge in [0.15, 0.2) is 0 Å². The fraction of sp³-hybridized carbons (Fsp3) is 1.00. The highest BCUT2D eigenvalue weighted by molar-refractivity contribution is 4.87. The summed E-state index contributed by atoms with van der Waals surface area (Å²) in [7, 11) is 0. The van der Waals surface area contributed by atoms with Crippen LogP contribution in [0.15, 0.2) is 0 Å². The van der Waals surface area contributed by atoms with E-state index in [4.69, 9.17) is 4.74 Å². The van der Waals surface area contributed by atoms with Crippen molar-refractivity contribution in [2.75, 3.05) is 39.4 Å². The SMILES string of the molecule is CCNC1CCC(C(C)C)CC1CN(CC)CCOCC. The molecule has 3 nitrogen and oxygen atoms in total. The van der Waals surface area contributed by atoms with Gasteiger partial charge in [-0.15, -0.1) is 0 Å². The molecule has 3 unspecified atom stereocenters. The summed E-state index contributed by atoms with van der Waals surface area (Å²) in [5.74, 6) is 2.54. The van der Waals surface area contributed by atoms with Gasteiger partial charge >= 0.3 is 0 Å². The van der Waals surface area contributed by atoms with Crippen molar-refractivity contribution in [3.63, 3.8) is 0 Å². The van der Waals surface area contributed by atoms with Crippen molar-refractivity contribution in [3.05, 3.63) is 0 Å². The van der Waals surface area contributed by atoms with E-state index in [2.05, 4.69) is 44.8 Å². The molecule has 0 aliphatic heterocycles. The van der Waals surface area contributed by atoms with Crippen molar-refractivity contribution in [3.8, 4) is 0 Å². The van der Waals surface area contributed by atoms with Crippen molar-refractivity contribution < 1.29 is 4.74 Å². The molecule has 1 fully saturated rings. The Balaban J connectivity index is 2.54. The monoisotopic (exact) mass is 298 g/mol. The molecule has 0 bridgehead atoms. The van der Waals surface area contributed by atoms with Crippen LogP contribution in [0, 0.1) is 17.8 Å². The topological polar surface area (TPSA) is 24.5 Å². The van der Waals surface area contributed by atoms with E-state index in [0.29, 0.717) is 6.04 Å². The first-order valence-corrected chi connectivity index (χ1v) is 9.15. The quantitative estimate of drug-likeness (QED) is 0.626. The van der Waals surface area contributed by atoms with Gasteiger partial charge in [0.05, 0.1) is 6.61 Å². The first-order valence-electron chi connectivity index (χ1n) is 9.15. The van der Waals surface area contributed by atoms with Gasteiger partial charge in [0.1, 0.15) is 0 Å². The van der Waals surface area contributed by atoms with E-state index in [1.54, 1.807) is 0 Å². The lowest BCUT2D eigenvalue weighted by Crippen LogP contribution is -2.47. The Kier molecular flexibility index (Phi) is 9.54. The summed E-state index contributed by atoms with van der Waals surface area (Å²) in [5.41, 5.74) is 0. The molecule has 0 aromatic rings. The highest BCUT2D eigenvalue weighted by Crippen LogP contribution is 2.34. The smallest absolute Gasteiger partial charge is 0.0593 e. The predicted octanol–water partition coefficient (Wildman–Crippen LogP) is 3.40. The predicted molar refractivity (Wildman–Crippen MR) is 91.7 cm³/mol. The van der Waals surface area contributed by atoms with Crippen LogP contribution in [-0.4, -0.2) is 50.3 Å². The lowest BCUT2D eigenvalue weighted by molar-refractivity contribution is 0.0864. The first kappa shape index (κ1) is 18.9. The van der Waals surface area contributed by atoms with E-state index in [1.165, 1.54) is 25.8 Å². The number of likely N-dealkylation sites (N-methyl/N-ethyl adjacent to an activating group) is 1. The number of nitrogens with zero attached hydrogens (tertiary/aromatic N) is 1. The average Bonchev–Trinajstić information content (AvgIpc) is 2.48. The summed E-state index contributed by atoms with van der Waals surface area (Å²) in [6, 6.07) is 0.714. The molecule has 0 radical (unpaired) electrons. The van der Waals surface area contributed by atoms with Crippen molar-refractivity contribution in [2.45, 2.75) is 59.9 Å². The van der Waals surface area contributed by atoms with E-state index in [-0.39, 0.29) is 0 Å². The molecule has 0 aromatic carbocycles. The van der Waals surface area contributed by atoms with Gasteiger partial charge < -0.3 is 15.0 Å². The fourth-order valence-electron chi connectivity index (χ4n) is 3.69. The largest absolute Gasteiger partial charge is 0.380 e. The van der Waals surface area contributed by atoms with Crippen LogP contribution in [0.1, 0.15) is 53.9 Å². The number of nitrogens with one attached hydrogen (secondary N) is 1. The molecule has 126 valence electrons. The summed E-state index contributed by atoms with van der Waals surface area (Å²) in [6.45, 7) is 17.6. The van der Waals surface area contributed by atoms with E-state index >= 15 is 0 Å². The van der Waals surface area contributed by atoms with E-state index in [0.717, 1.165) is 50.6 Å². The van der Waals surface area contributed by atoms with Crippen LogP contribution < -0.4 is 5.32 Å². The first-order chi connectivity index (χ1) is 10.1. The Bertz CT molecular complexity index is 258. The Morgan fingerprint density at radius 2 is 1.95 bits per heavy atom. The molecular formula is C18H38N2O. The lowest BCUT2D eigenvalue weighted by Gasteiger charge is -2.40. The molecular weight excluding hydrogens is 260 g/mol. The zero-order valence-corrected chi connectivity index (χ0v) is 15.0. The van der Waals surface area contributed by atoms with Crippen LogP contribution in [-0.2, 0) is 4.74 Å². The zero-order chi connectivity index (χ0) is 15.7. The minimum Gasteiger partial charge on any atom is -0.380 e. The summed E-state index contributed by atoms with van der Waals surface area (Å²) in [4.78, 5) is 2.58. The van der Waals surface area contributed by atoms with Gasteiger partial charge in [0.2, 0.25) is 0 Å². The molecule has 21 heavy (non-hydrogen) atoms. The van der Waals surface area contributed by atoms with Crippen molar-refractivity contribution in [1.82, 2.24) is 10.2 Å². The maximum Gasteiger partial charge on any atom is 0.0593 e. The Morgan fingerprint density at radius 3 is 2.52 bits per heavy atom. The zero-order valence-electron chi connectivity index (χ0n) is 15.0. The normalized spacial score (nSPS) is 26.7. The minimum absolute atomic E-state index is 0.714. The van der Waals surface area contributed by atoms with Gasteiger partial charge in [-0.05, 0) is 57.0 Å². The van der Waals surface area contributed by atoms with Crippen LogP contribution in [0.5, 0.6) is 0 Å². The van der Waals surface area contributed by atoms with E-state index in [9.17, 15) is 0 Å². The average molecular weight is 299 g/mol. The molecule has 1 rings (SSSR count). The van der Waals surface area contributed by atoms with Gasteiger partial charge in [-0.1, -0.05) is 27.7 Å². The Labute approximate surface area is 132 Å². The Morgan fingerprint density at radius 1 is 1.19 bits per heavy atom. The van der Waals surface area contributed by atoms with Gasteiger partial charge in [0.25, 0.3) is 0 Å². The Hall–Kier alpha value is -0.120. The summed E-state index contributed by atoms with van der Waals surface area (Å²) < 4.78 is 5.53. The van der Waals surface area contributed by atoms with Gasteiger partial charge in [0, 0.05) is 25.7 Å². The second kappa shape index (κ2) is 10.6. The second-order valence-corrected chi connectivity index (χ2v) is 6.83. The van der Waals surface area contributed by atoms with Crippen molar-refractivity contribution >= 4 is 0 Å². The molecule has 1 N–H and O–H groups in total. The van der Waals surface area contributed by atoms with E-state index < -0.39 is 0 Å². The summed E-state index contributed by atoms with van der Waals surface area (Å²) in [6.07, 6.45) is 4.14. The number of hydrogen-bond acceptors (Lipinski definition) is 3. The fourth-order valence-corrected chi connectivity index (χ4v) is 3.69. The van der Waals surface area contributed by atoms with Gasteiger partial charge in [-0.25, -0.2) is 0 Å².